The summed E-state index contributed by atoms with van der Waals surface area (Å²) in [5.41, 5.74) is 0.110. The van der Waals surface area contributed by atoms with Gasteiger partial charge in [-0.3, -0.25) is 0 Å². The molecular weight excluding hydrogens is 236 g/mol. The van der Waals surface area contributed by atoms with Gasteiger partial charge >= 0.3 is 12.1 Å². The molecule has 1 aromatic rings. The van der Waals surface area contributed by atoms with E-state index in [9.17, 15) is 9.59 Å². The van der Waals surface area contributed by atoms with E-state index in [4.69, 9.17) is 9.47 Å². The molecule has 0 spiro atoms. The van der Waals surface area contributed by atoms with Gasteiger partial charge in [-0.05, 0) is 20.3 Å². The quantitative estimate of drug-likeness (QED) is 0.752. The van der Waals surface area contributed by atoms with Crippen LogP contribution in [0.1, 0.15) is 43.5 Å². The van der Waals surface area contributed by atoms with Crippen LogP contribution in [0.2, 0.25) is 0 Å². The zero-order chi connectivity index (χ0) is 13.5. The normalized spacial score (nSPS) is 10.2. The van der Waals surface area contributed by atoms with E-state index < -0.39 is 12.1 Å². The van der Waals surface area contributed by atoms with Gasteiger partial charge in [-0.1, -0.05) is 6.92 Å². The molecule has 18 heavy (non-hydrogen) atoms. The molecule has 0 amide bonds. The number of nitrogens with zero attached hydrogens (tertiary/aromatic N) is 2. The SMILES string of the molecule is CCCc1ncc(C(=O)OCC)n1C(=O)OCC. The van der Waals surface area contributed by atoms with Crippen molar-refractivity contribution in [3.8, 4) is 0 Å². The van der Waals surface area contributed by atoms with Gasteiger partial charge in [0.25, 0.3) is 0 Å². The van der Waals surface area contributed by atoms with Crippen LogP contribution in [-0.4, -0.2) is 34.8 Å². The van der Waals surface area contributed by atoms with E-state index >= 15 is 0 Å². The molecule has 0 bridgehead atoms. The van der Waals surface area contributed by atoms with Gasteiger partial charge in [-0.2, -0.15) is 0 Å². The number of esters is 1. The van der Waals surface area contributed by atoms with Crippen molar-refractivity contribution < 1.29 is 19.1 Å². The van der Waals surface area contributed by atoms with Crippen molar-refractivity contribution in [2.75, 3.05) is 13.2 Å². The number of aryl methyl sites for hydroxylation is 1. The molecule has 100 valence electrons. The number of ether oxygens (including phenoxy) is 2. The second kappa shape index (κ2) is 6.78. The maximum Gasteiger partial charge on any atom is 0.420 e. The van der Waals surface area contributed by atoms with E-state index in [1.54, 1.807) is 13.8 Å². The van der Waals surface area contributed by atoms with E-state index in [1.807, 2.05) is 6.92 Å². The lowest BCUT2D eigenvalue weighted by molar-refractivity contribution is 0.0511. The molecule has 0 saturated heterocycles. The minimum Gasteiger partial charge on any atom is -0.461 e. The zero-order valence-electron chi connectivity index (χ0n) is 10.9. The van der Waals surface area contributed by atoms with Gasteiger partial charge in [0.2, 0.25) is 0 Å². The highest BCUT2D eigenvalue weighted by Crippen LogP contribution is 2.10. The largest absolute Gasteiger partial charge is 0.461 e. The first kappa shape index (κ1) is 14.2. The molecule has 0 aliphatic heterocycles. The molecule has 0 saturated carbocycles. The predicted molar refractivity (Wildman–Crippen MR) is 64.6 cm³/mol. The fourth-order valence-electron chi connectivity index (χ4n) is 1.53. The Morgan fingerprint density at radius 1 is 1.22 bits per heavy atom. The Morgan fingerprint density at radius 2 is 1.89 bits per heavy atom. The fourth-order valence-corrected chi connectivity index (χ4v) is 1.53. The summed E-state index contributed by atoms with van der Waals surface area (Å²) < 4.78 is 11.0. The van der Waals surface area contributed by atoms with Crippen molar-refractivity contribution in [1.82, 2.24) is 9.55 Å². The van der Waals surface area contributed by atoms with Crippen molar-refractivity contribution in [3.63, 3.8) is 0 Å². The molecule has 1 heterocycles. The Morgan fingerprint density at radius 3 is 2.44 bits per heavy atom. The molecule has 1 aromatic heterocycles. The van der Waals surface area contributed by atoms with Crippen LogP contribution in [0.5, 0.6) is 0 Å². The summed E-state index contributed by atoms with van der Waals surface area (Å²) in [7, 11) is 0. The summed E-state index contributed by atoms with van der Waals surface area (Å²) in [6.45, 7) is 5.86. The van der Waals surface area contributed by atoms with Crippen LogP contribution in [0.4, 0.5) is 4.79 Å². The predicted octanol–water partition coefficient (Wildman–Crippen LogP) is 2.02. The maximum atomic E-state index is 11.8. The van der Waals surface area contributed by atoms with Gasteiger partial charge in [0.1, 0.15) is 5.82 Å². The summed E-state index contributed by atoms with van der Waals surface area (Å²) in [4.78, 5) is 27.6. The highest BCUT2D eigenvalue weighted by atomic mass is 16.6. The van der Waals surface area contributed by atoms with Gasteiger partial charge < -0.3 is 9.47 Å². The number of carbonyl (C=O) groups is 2. The van der Waals surface area contributed by atoms with Gasteiger partial charge in [-0.25, -0.2) is 19.1 Å². The minimum atomic E-state index is -0.596. The van der Waals surface area contributed by atoms with Crippen molar-refractivity contribution in [1.29, 1.82) is 0 Å². The van der Waals surface area contributed by atoms with Crippen LogP contribution in [0, 0.1) is 0 Å². The molecular formula is C12H18N2O4. The topological polar surface area (TPSA) is 70.4 Å². The number of imidazole rings is 1. The van der Waals surface area contributed by atoms with E-state index in [0.717, 1.165) is 6.42 Å². The monoisotopic (exact) mass is 254 g/mol. The van der Waals surface area contributed by atoms with Crippen molar-refractivity contribution >= 4 is 12.1 Å². The first-order valence-electron chi connectivity index (χ1n) is 6.06. The molecule has 0 radical (unpaired) electrons. The summed E-state index contributed by atoms with van der Waals surface area (Å²) in [5.74, 6) is -0.0561. The summed E-state index contributed by atoms with van der Waals surface area (Å²) in [6.07, 6.45) is 2.16. The zero-order valence-corrected chi connectivity index (χ0v) is 10.9. The standard InChI is InChI=1S/C12H18N2O4/c1-4-7-10-13-8-9(11(15)17-5-2)14(10)12(16)18-6-3/h8H,4-7H2,1-3H3. The Bertz CT molecular complexity index is 426. The highest BCUT2D eigenvalue weighted by molar-refractivity contribution is 5.91. The van der Waals surface area contributed by atoms with Gasteiger partial charge in [0.15, 0.2) is 5.69 Å². The van der Waals surface area contributed by atoms with Crippen LogP contribution in [-0.2, 0) is 15.9 Å². The average molecular weight is 254 g/mol. The third-order valence-electron chi connectivity index (χ3n) is 2.24. The number of rotatable bonds is 5. The Kier molecular flexibility index (Phi) is 5.35. The van der Waals surface area contributed by atoms with Crippen molar-refractivity contribution in [3.05, 3.63) is 17.7 Å². The Hall–Kier alpha value is -1.85. The Balaban J connectivity index is 3.10. The first-order valence-corrected chi connectivity index (χ1v) is 6.06. The molecule has 0 unspecified atom stereocenters. The third kappa shape index (κ3) is 3.09. The molecule has 0 aromatic carbocycles. The summed E-state index contributed by atoms with van der Waals surface area (Å²) in [5, 5.41) is 0. The van der Waals surface area contributed by atoms with Crippen molar-refractivity contribution in [2.24, 2.45) is 0 Å². The minimum absolute atomic E-state index is 0.110. The molecule has 0 aliphatic rings. The molecule has 6 nitrogen and oxygen atoms in total. The molecule has 1 rings (SSSR count). The number of hydrogen-bond acceptors (Lipinski definition) is 5. The first-order chi connectivity index (χ1) is 8.65. The van der Waals surface area contributed by atoms with Gasteiger partial charge in [0.05, 0.1) is 19.4 Å². The van der Waals surface area contributed by atoms with E-state index in [1.165, 1.54) is 10.8 Å². The lowest BCUT2D eigenvalue weighted by Gasteiger charge is -2.09. The number of carbonyl (C=O) groups excluding carboxylic acids is 2. The van der Waals surface area contributed by atoms with Crippen LogP contribution in [0.25, 0.3) is 0 Å². The average Bonchev–Trinajstić information content (AvgIpc) is 2.74. The van der Waals surface area contributed by atoms with Crippen LogP contribution < -0.4 is 0 Å². The van der Waals surface area contributed by atoms with Crippen LogP contribution in [0.3, 0.4) is 0 Å². The number of aromatic nitrogens is 2. The van der Waals surface area contributed by atoms with E-state index in [2.05, 4.69) is 4.98 Å². The highest BCUT2D eigenvalue weighted by Gasteiger charge is 2.22. The lowest BCUT2D eigenvalue weighted by Crippen LogP contribution is -2.22. The third-order valence-corrected chi connectivity index (χ3v) is 2.24. The van der Waals surface area contributed by atoms with Gasteiger partial charge in [0, 0.05) is 6.42 Å². The maximum absolute atomic E-state index is 11.8. The smallest absolute Gasteiger partial charge is 0.420 e. The Labute approximate surface area is 106 Å². The molecule has 0 N–H and O–H groups in total. The fraction of sp³-hybridized carbons (Fsp3) is 0.583. The molecule has 0 atom stereocenters. The van der Waals surface area contributed by atoms with E-state index in [0.29, 0.717) is 12.2 Å². The molecule has 0 fully saturated rings. The second-order valence-corrected chi connectivity index (χ2v) is 3.56. The molecule has 6 heteroatoms. The second-order valence-electron chi connectivity index (χ2n) is 3.56. The summed E-state index contributed by atoms with van der Waals surface area (Å²) >= 11 is 0. The number of hydrogen-bond donors (Lipinski definition) is 0. The molecule has 0 aliphatic carbocycles. The van der Waals surface area contributed by atoms with E-state index in [-0.39, 0.29) is 18.9 Å². The van der Waals surface area contributed by atoms with Crippen LogP contribution >= 0.6 is 0 Å². The van der Waals surface area contributed by atoms with Crippen LogP contribution in [0.15, 0.2) is 6.20 Å². The van der Waals surface area contributed by atoms with Crippen molar-refractivity contribution in [2.45, 2.75) is 33.6 Å². The van der Waals surface area contributed by atoms with Gasteiger partial charge in [-0.15, -0.1) is 0 Å². The lowest BCUT2D eigenvalue weighted by atomic mass is 10.3. The summed E-state index contributed by atoms with van der Waals surface area (Å²) in [6, 6.07) is 0.